The van der Waals surface area contributed by atoms with Crippen molar-refractivity contribution in [2.75, 3.05) is 24.7 Å². The van der Waals surface area contributed by atoms with Gasteiger partial charge in [0, 0.05) is 12.1 Å². The smallest absolute Gasteiger partial charge is 0.344 e. The van der Waals surface area contributed by atoms with Crippen molar-refractivity contribution in [1.29, 1.82) is 0 Å². The van der Waals surface area contributed by atoms with Crippen molar-refractivity contribution in [1.82, 2.24) is 4.90 Å². The fourth-order valence-electron chi connectivity index (χ4n) is 3.84. The molecule has 0 N–H and O–H groups in total. The quantitative estimate of drug-likeness (QED) is 0.632. The van der Waals surface area contributed by atoms with Gasteiger partial charge in [-0.05, 0) is 31.4 Å². The largest absolute Gasteiger partial charge is 0.479 e. The first-order chi connectivity index (χ1) is 13.4. The lowest BCUT2D eigenvalue weighted by Gasteiger charge is -2.33. The van der Waals surface area contributed by atoms with E-state index < -0.39 is 40.7 Å². The number of nitrogens with zero attached hydrogens (tertiary/aromatic N) is 1. The number of carbonyl (C=O) groups excluding carboxylic acids is 2. The Labute approximate surface area is 163 Å². The zero-order valence-electron chi connectivity index (χ0n) is 15.5. The second-order valence-corrected chi connectivity index (χ2v) is 9.40. The maximum atomic E-state index is 13.5. The summed E-state index contributed by atoms with van der Waals surface area (Å²) in [7, 11) is -3.14. The lowest BCUT2D eigenvalue weighted by molar-refractivity contribution is -0.155. The van der Waals surface area contributed by atoms with Crippen LogP contribution in [0.4, 0.5) is 4.39 Å². The third-order valence-electron chi connectivity index (χ3n) is 5.15. The molecule has 7 nitrogen and oxygen atoms in total. The molecule has 0 aromatic heterocycles. The standard InChI is InChI=1S/C19H24FNO6S/c20-16-7-3-4-8-17(16)26-12-19(23)27-11-18(22)21(14-5-1-2-6-14)15-9-10-28(24,25)13-15/h3-4,7-8,14-15H,1-2,5-6,9-13H2/t15-/m1/s1. The molecule has 1 saturated carbocycles. The van der Waals surface area contributed by atoms with Crippen molar-refractivity contribution in [3.8, 4) is 5.75 Å². The van der Waals surface area contributed by atoms with Crippen LogP contribution in [0.1, 0.15) is 32.1 Å². The number of halogens is 1. The molecule has 1 heterocycles. The molecule has 0 unspecified atom stereocenters. The normalized spacial score (nSPS) is 21.4. The summed E-state index contributed by atoms with van der Waals surface area (Å²) in [4.78, 5) is 26.2. The van der Waals surface area contributed by atoms with Crippen LogP contribution in [0.2, 0.25) is 0 Å². The third kappa shape index (κ3) is 5.21. The second kappa shape index (κ2) is 8.89. The van der Waals surface area contributed by atoms with Crippen molar-refractivity contribution in [3.63, 3.8) is 0 Å². The molecule has 1 aromatic carbocycles. The molecule has 154 valence electrons. The number of hydrogen-bond donors (Lipinski definition) is 0. The first-order valence-corrected chi connectivity index (χ1v) is 11.2. The van der Waals surface area contributed by atoms with Crippen LogP contribution in [-0.4, -0.2) is 62.0 Å². The molecule has 1 saturated heterocycles. The zero-order chi connectivity index (χ0) is 20.1. The maximum absolute atomic E-state index is 13.5. The molecule has 3 rings (SSSR count). The van der Waals surface area contributed by atoms with Gasteiger partial charge in [0.25, 0.3) is 5.91 Å². The SMILES string of the molecule is O=C(COc1ccccc1F)OCC(=O)N(C1CCCC1)[C@@H]1CCS(=O)(=O)C1. The molecule has 0 radical (unpaired) electrons. The van der Waals surface area contributed by atoms with Gasteiger partial charge in [-0.25, -0.2) is 17.6 Å². The number of esters is 1. The Bertz CT molecular complexity index is 821. The van der Waals surface area contributed by atoms with Crippen LogP contribution >= 0.6 is 0 Å². The van der Waals surface area contributed by atoms with Crippen LogP contribution in [0.25, 0.3) is 0 Å². The molecule has 9 heteroatoms. The van der Waals surface area contributed by atoms with Gasteiger partial charge in [-0.2, -0.15) is 0 Å². The molecular formula is C19H24FNO6S. The number of rotatable bonds is 7. The van der Waals surface area contributed by atoms with E-state index in [1.807, 2.05) is 0 Å². The van der Waals surface area contributed by atoms with Crippen LogP contribution < -0.4 is 4.74 Å². The molecule has 0 bridgehead atoms. The van der Waals surface area contributed by atoms with Gasteiger partial charge >= 0.3 is 5.97 Å². The van der Waals surface area contributed by atoms with Crippen LogP contribution in [0.3, 0.4) is 0 Å². The van der Waals surface area contributed by atoms with E-state index in [0.717, 1.165) is 25.7 Å². The highest BCUT2D eigenvalue weighted by atomic mass is 32.2. The van der Waals surface area contributed by atoms with Gasteiger partial charge in [0.1, 0.15) is 0 Å². The molecule has 2 aliphatic rings. The fourth-order valence-corrected chi connectivity index (χ4v) is 5.55. The van der Waals surface area contributed by atoms with Gasteiger partial charge in [0.05, 0.1) is 11.5 Å². The average molecular weight is 413 g/mol. The van der Waals surface area contributed by atoms with E-state index in [1.54, 1.807) is 11.0 Å². The van der Waals surface area contributed by atoms with E-state index in [4.69, 9.17) is 9.47 Å². The number of benzene rings is 1. The summed E-state index contributed by atoms with van der Waals surface area (Å²) in [5.41, 5.74) is 0. The summed E-state index contributed by atoms with van der Waals surface area (Å²) >= 11 is 0. The van der Waals surface area contributed by atoms with Gasteiger partial charge in [0.2, 0.25) is 0 Å². The molecule has 0 spiro atoms. The summed E-state index contributed by atoms with van der Waals surface area (Å²) in [6.45, 7) is -0.998. The summed E-state index contributed by atoms with van der Waals surface area (Å²) < 4.78 is 47.2. The number of carbonyl (C=O) groups is 2. The van der Waals surface area contributed by atoms with Gasteiger partial charge in [-0.3, -0.25) is 4.79 Å². The zero-order valence-corrected chi connectivity index (χ0v) is 16.3. The molecule has 1 atom stereocenters. The Hall–Kier alpha value is -2.16. The first-order valence-electron chi connectivity index (χ1n) is 9.40. The Morgan fingerprint density at radius 3 is 2.43 bits per heavy atom. The molecule has 28 heavy (non-hydrogen) atoms. The van der Waals surface area contributed by atoms with Crippen LogP contribution in [0, 0.1) is 5.82 Å². The minimum Gasteiger partial charge on any atom is -0.479 e. The summed E-state index contributed by atoms with van der Waals surface area (Å²) in [6, 6.07) is 5.28. The van der Waals surface area contributed by atoms with E-state index >= 15 is 0 Å². The van der Waals surface area contributed by atoms with Crippen LogP contribution in [-0.2, 0) is 24.2 Å². The first kappa shape index (κ1) is 20.6. The van der Waals surface area contributed by atoms with Gasteiger partial charge in [0.15, 0.2) is 34.6 Å². The highest BCUT2D eigenvalue weighted by molar-refractivity contribution is 7.91. The lowest BCUT2D eigenvalue weighted by Crippen LogP contribution is -2.48. The number of ether oxygens (including phenoxy) is 2. The van der Waals surface area contributed by atoms with Gasteiger partial charge in [-0.15, -0.1) is 0 Å². The molecule has 1 aliphatic heterocycles. The minimum atomic E-state index is -3.14. The Morgan fingerprint density at radius 2 is 1.79 bits per heavy atom. The molecular weight excluding hydrogens is 389 g/mol. The van der Waals surface area contributed by atoms with Crippen molar-refractivity contribution >= 4 is 21.7 Å². The van der Waals surface area contributed by atoms with Gasteiger partial charge in [-0.1, -0.05) is 25.0 Å². The Kier molecular flexibility index (Phi) is 6.53. The van der Waals surface area contributed by atoms with Crippen molar-refractivity contribution in [2.24, 2.45) is 0 Å². The summed E-state index contributed by atoms with van der Waals surface area (Å²) in [5.74, 6) is -1.82. The van der Waals surface area contributed by atoms with E-state index in [-0.39, 0.29) is 29.3 Å². The Morgan fingerprint density at radius 1 is 1.07 bits per heavy atom. The lowest BCUT2D eigenvalue weighted by atomic mass is 10.1. The number of amides is 1. The average Bonchev–Trinajstić information content (AvgIpc) is 3.29. The number of hydrogen-bond acceptors (Lipinski definition) is 6. The highest BCUT2D eigenvalue weighted by Crippen LogP contribution is 2.29. The molecule has 1 aromatic rings. The molecule has 2 fully saturated rings. The Balaban J connectivity index is 1.54. The predicted octanol–water partition coefficient (Wildman–Crippen LogP) is 1.71. The number of sulfone groups is 1. The third-order valence-corrected chi connectivity index (χ3v) is 6.90. The molecule has 1 aliphatic carbocycles. The van der Waals surface area contributed by atoms with E-state index in [9.17, 15) is 22.4 Å². The topological polar surface area (TPSA) is 90.0 Å². The van der Waals surface area contributed by atoms with E-state index in [0.29, 0.717) is 6.42 Å². The van der Waals surface area contributed by atoms with Crippen molar-refractivity contribution in [3.05, 3.63) is 30.1 Å². The van der Waals surface area contributed by atoms with Gasteiger partial charge < -0.3 is 14.4 Å². The van der Waals surface area contributed by atoms with E-state index in [2.05, 4.69) is 0 Å². The summed E-state index contributed by atoms with van der Waals surface area (Å²) in [6.07, 6.45) is 4.04. The maximum Gasteiger partial charge on any atom is 0.344 e. The monoisotopic (exact) mass is 413 g/mol. The summed E-state index contributed by atoms with van der Waals surface area (Å²) in [5, 5.41) is 0. The van der Waals surface area contributed by atoms with Crippen LogP contribution in [0.15, 0.2) is 24.3 Å². The predicted molar refractivity (Wildman–Crippen MR) is 99.0 cm³/mol. The second-order valence-electron chi connectivity index (χ2n) is 7.18. The van der Waals surface area contributed by atoms with E-state index in [1.165, 1.54) is 18.2 Å². The fraction of sp³-hybridized carbons (Fsp3) is 0.579. The van der Waals surface area contributed by atoms with Crippen LogP contribution in [0.5, 0.6) is 5.75 Å². The molecule has 1 amide bonds. The van der Waals surface area contributed by atoms with Crippen molar-refractivity contribution in [2.45, 2.75) is 44.2 Å². The minimum absolute atomic E-state index is 0.0147. The van der Waals surface area contributed by atoms with Crippen molar-refractivity contribution < 1.29 is 31.9 Å². The number of para-hydroxylation sites is 1. The highest BCUT2D eigenvalue weighted by Gasteiger charge is 2.39.